The van der Waals surface area contributed by atoms with Crippen molar-refractivity contribution in [3.63, 3.8) is 0 Å². The van der Waals surface area contributed by atoms with E-state index in [0.717, 1.165) is 140 Å². The molecule has 0 amide bonds. The molecule has 424 valence electrons. The second-order valence-corrected chi connectivity index (χ2v) is 23.8. The van der Waals surface area contributed by atoms with Gasteiger partial charge in [-0.15, -0.1) is 0 Å². The highest BCUT2D eigenvalue weighted by molar-refractivity contribution is 6.08. The molecule has 2 aliphatic carbocycles. The number of allylic oxidation sites excluding steroid dienone is 2. The lowest BCUT2D eigenvalue weighted by molar-refractivity contribution is 0.217. The minimum atomic E-state index is -0.592. The third-order valence-corrected chi connectivity index (χ3v) is 18.9. The lowest BCUT2D eigenvalue weighted by Gasteiger charge is -2.35. The van der Waals surface area contributed by atoms with E-state index in [1.165, 1.54) is 33.4 Å². The van der Waals surface area contributed by atoms with Crippen LogP contribution in [-0.4, -0.2) is 6.04 Å². The second-order valence-electron chi connectivity index (χ2n) is 23.8. The first-order valence-electron chi connectivity index (χ1n) is 30.6. The standard InChI is InChI=1S/C82H56N2O5/c1-2-60-47-68-72(83-71-27-15-19-50-41-54(31-36-62(50)71)77-43-52-17-9-13-29-74(52)87-77)49-80(85-60)81(68)86-61-35-40-76-67(48-61)66-39-34-59(46-79(66)89-76)84(73-28-16-20-51-42-55(32-37-63(51)73)78-44-53-18-10-14-30-75(53)88-78)58-33-38-65-64-25-11-12-26-69(64)82(70(65)45-58,56-21-5-3-6-22-56)57-23-7-4-8-24-57/h2-46,48,68,72,83H,47,49H2,1H3/b60-2+/t68-,72+/m0/s1. The summed E-state index contributed by atoms with van der Waals surface area (Å²) in [4.78, 5) is 2.41. The topological polar surface area (TPSA) is 73.2 Å². The average molecular weight is 1150 g/mol. The SMILES string of the molecule is C/C=C1\C[C@@H]2C(Oc3ccc4oc5cc(N(c6ccc7c(c6)C(c6ccccc6)(c6ccccc6)c6ccccc6-7)c6cccc7cc(-c8cc9ccccc9o8)ccc67)ccc5c4c3)=C(C[C@H]2Nc2cccc3cc(-c4cc5ccccc5o4)ccc23)O1. The Labute approximate surface area is 513 Å². The van der Waals surface area contributed by atoms with Gasteiger partial charge >= 0.3 is 0 Å². The highest BCUT2D eigenvalue weighted by Gasteiger charge is 2.47. The van der Waals surface area contributed by atoms with E-state index in [-0.39, 0.29) is 12.0 Å². The highest BCUT2D eigenvalue weighted by atomic mass is 16.5. The number of rotatable bonds is 11. The monoisotopic (exact) mass is 1150 g/mol. The summed E-state index contributed by atoms with van der Waals surface area (Å²) in [5.41, 5.74) is 16.2. The largest absolute Gasteiger partial charge is 0.463 e. The van der Waals surface area contributed by atoms with E-state index in [1.807, 2.05) is 49.4 Å². The van der Waals surface area contributed by atoms with Gasteiger partial charge in [-0.1, -0.05) is 176 Å². The van der Waals surface area contributed by atoms with Crippen LogP contribution in [0.1, 0.15) is 42.0 Å². The van der Waals surface area contributed by atoms with Gasteiger partial charge in [-0.2, -0.15) is 0 Å². The average Bonchev–Trinajstić information content (AvgIpc) is 1.57. The van der Waals surface area contributed by atoms with Crippen molar-refractivity contribution in [3.8, 4) is 39.5 Å². The molecular weight excluding hydrogens is 1090 g/mol. The highest BCUT2D eigenvalue weighted by Crippen LogP contribution is 2.58. The number of hydrogen-bond donors (Lipinski definition) is 1. The number of hydrogen-bond acceptors (Lipinski definition) is 7. The summed E-state index contributed by atoms with van der Waals surface area (Å²) in [5, 5.41) is 12.6. The molecule has 3 aliphatic rings. The maximum atomic E-state index is 7.04. The number of nitrogens with zero attached hydrogens (tertiary/aromatic N) is 1. The van der Waals surface area contributed by atoms with Crippen LogP contribution in [0.25, 0.3) is 99.2 Å². The number of benzene rings is 12. The van der Waals surface area contributed by atoms with E-state index in [9.17, 15) is 0 Å². The third-order valence-electron chi connectivity index (χ3n) is 18.9. The number of para-hydroxylation sites is 2. The van der Waals surface area contributed by atoms with Gasteiger partial charge in [0.05, 0.1) is 11.1 Å². The zero-order valence-electron chi connectivity index (χ0n) is 48.6. The Kier molecular flexibility index (Phi) is 11.5. The molecule has 0 radical (unpaired) electrons. The molecule has 3 aromatic heterocycles. The summed E-state index contributed by atoms with van der Waals surface area (Å²) in [5.74, 6) is 5.17. The van der Waals surface area contributed by atoms with Crippen molar-refractivity contribution in [2.75, 3.05) is 10.2 Å². The summed E-state index contributed by atoms with van der Waals surface area (Å²) in [7, 11) is 0. The first kappa shape index (κ1) is 51.0. The van der Waals surface area contributed by atoms with Gasteiger partial charge in [0.25, 0.3) is 0 Å². The van der Waals surface area contributed by atoms with Crippen LogP contribution in [-0.2, 0) is 10.2 Å². The molecule has 1 aliphatic heterocycles. The van der Waals surface area contributed by atoms with Gasteiger partial charge in [-0.05, 0) is 148 Å². The van der Waals surface area contributed by atoms with Gasteiger partial charge in [0.2, 0.25) is 0 Å². The van der Waals surface area contributed by atoms with Gasteiger partial charge in [0.1, 0.15) is 56.9 Å². The van der Waals surface area contributed by atoms with Crippen LogP contribution < -0.4 is 15.0 Å². The van der Waals surface area contributed by atoms with Crippen molar-refractivity contribution in [2.24, 2.45) is 5.92 Å². The Bertz CT molecular complexity index is 5310. The van der Waals surface area contributed by atoms with Crippen molar-refractivity contribution in [3.05, 3.63) is 319 Å². The molecule has 7 heteroatoms. The molecule has 0 saturated carbocycles. The fourth-order valence-electron chi connectivity index (χ4n) is 14.7. The van der Waals surface area contributed by atoms with Crippen LogP contribution >= 0.6 is 0 Å². The van der Waals surface area contributed by atoms with Crippen molar-refractivity contribution in [1.29, 1.82) is 0 Å². The van der Waals surface area contributed by atoms with Crippen LogP contribution in [0.15, 0.2) is 310 Å². The number of anilines is 4. The van der Waals surface area contributed by atoms with E-state index in [2.05, 4.69) is 247 Å². The molecule has 2 atom stereocenters. The Hall–Kier alpha value is -11.3. The van der Waals surface area contributed by atoms with Gasteiger partial charge in [0, 0.05) is 91.4 Å². The Morgan fingerprint density at radius 2 is 1.07 bits per heavy atom. The van der Waals surface area contributed by atoms with E-state index >= 15 is 0 Å². The van der Waals surface area contributed by atoms with Crippen LogP contribution in [0.4, 0.5) is 22.7 Å². The molecule has 0 fully saturated rings. The Morgan fingerprint density at radius 3 is 1.80 bits per heavy atom. The van der Waals surface area contributed by atoms with Crippen molar-refractivity contribution in [1.82, 2.24) is 0 Å². The first-order chi connectivity index (χ1) is 44.0. The number of nitrogens with one attached hydrogen (secondary N) is 1. The van der Waals surface area contributed by atoms with E-state index in [0.29, 0.717) is 6.42 Å². The molecule has 7 nitrogen and oxygen atoms in total. The zero-order chi connectivity index (χ0) is 58.7. The Balaban J connectivity index is 0.719. The normalized spacial score (nSPS) is 16.2. The second kappa shape index (κ2) is 20.2. The Morgan fingerprint density at radius 1 is 0.449 bits per heavy atom. The van der Waals surface area contributed by atoms with Crippen molar-refractivity contribution < 1.29 is 22.7 Å². The van der Waals surface area contributed by atoms with Crippen LogP contribution in [0.5, 0.6) is 5.75 Å². The summed E-state index contributed by atoms with van der Waals surface area (Å²) in [6, 6.07) is 97.7. The number of ether oxygens (including phenoxy) is 2. The smallest absolute Gasteiger partial charge is 0.148 e. The van der Waals surface area contributed by atoms with E-state index in [1.54, 1.807) is 0 Å². The molecule has 0 spiro atoms. The molecular formula is C82H56N2O5. The maximum absolute atomic E-state index is 7.04. The fraction of sp³-hybridized carbons (Fsp3) is 0.0732. The summed E-state index contributed by atoms with van der Waals surface area (Å²) < 4.78 is 33.2. The van der Waals surface area contributed by atoms with Gasteiger partial charge in [-0.25, -0.2) is 0 Å². The molecule has 18 rings (SSSR count). The molecule has 0 unspecified atom stereocenters. The van der Waals surface area contributed by atoms with Gasteiger partial charge in [-0.3, -0.25) is 0 Å². The van der Waals surface area contributed by atoms with Crippen molar-refractivity contribution >= 4 is 88.2 Å². The number of fused-ring (bicyclic) bond motifs is 11. The predicted octanol–water partition coefficient (Wildman–Crippen LogP) is 22.0. The van der Waals surface area contributed by atoms with Crippen molar-refractivity contribution in [2.45, 2.75) is 31.2 Å². The number of furan rings is 3. The van der Waals surface area contributed by atoms with E-state index in [4.69, 9.17) is 22.7 Å². The predicted molar refractivity (Wildman–Crippen MR) is 360 cm³/mol. The summed E-state index contributed by atoms with van der Waals surface area (Å²) in [6.07, 6.45) is 3.49. The molecule has 12 aromatic carbocycles. The summed E-state index contributed by atoms with van der Waals surface area (Å²) in [6.45, 7) is 2.05. The lowest BCUT2D eigenvalue weighted by atomic mass is 9.67. The molecule has 0 saturated heterocycles. The van der Waals surface area contributed by atoms with Gasteiger partial charge < -0.3 is 32.9 Å². The molecule has 4 heterocycles. The zero-order valence-corrected chi connectivity index (χ0v) is 48.6. The minimum Gasteiger partial charge on any atom is -0.463 e. The third kappa shape index (κ3) is 8.19. The first-order valence-corrected chi connectivity index (χ1v) is 30.6. The minimum absolute atomic E-state index is 0.0465. The lowest BCUT2D eigenvalue weighted by Crippen LogP contribution is -2.28. The van der Waals surface area contributed by atoms with E-state index < -0.39 is 5.41 Å². The molecule has 2 bridgehead atoms. The van der Waals surface area contributed by atoms with Gasteiger partial charge in [0.15, 0.2) is 0 Å². The quantitative estimate of drug-likeness (QED) is 0.138. The summed E-state index contributed by atoms with van der Waals surface area (Å²) >= 11 is 0. The molecule has 1 N–H and O–H groups in total. The van der Waals surface area contributed by atoms with Crippen LogP contribution in [0.2, 0.25) is 0 Å². The molecule has 15 aromatic rings. The van der Waals surface area contributed by atoms with Crippen LogP contribution in [0, 0.1) is 5.92 Å². The molecule has 89 heavy (non-hydrogen) atoms. The maximum Gasteiger partial charge on any atom is 0.148 e. The van der Waals surface area contributed by atoms with Crippen LogP contribution in [0.3, 0.4) is 0 Å². The fourth-order valence-corrected chi connectivity index (χ4v) is 14.7.